The van der Waals surface area contributed by atoms with E-state index >= 15 is 0 Å². The summed E-state index contributed by atoms with van der Waals surface area (Å²) in [5.74, 6) is 0.905. The van der Waals surface area contributed by atoms with E-state index in [1.165, 1.54) is 77.9 Å². The summed E-state index contributed by atoms with van der Waals surface area (Å²) >= 11 is 0. The second-order valence-electron chi connectivity index (χ2n) is 5.89. The van der Waals surface area contributed by atoms with Crippen molar-refractivity contribution < 1.29 is 4.74 Å². The second kappa shape index (κ2) is 9.70. The molecule has 4 nitrogen and oxygen atoms in total. The van der Waals surface area contributed by atoms with Crippen molar-refractivity contribution in [2.24, 2.45) is 5.92 Å². The molecule has 0 radical (unpaired) electrons. The summed E-state index contributed by atoms with van der Waals surface area (Å²) in [5, 5.41) is 7.00. The largest absolute Gasteiger partial charge is 0.381 e. The Hall–Kier alpha value is -0.160. The number of ether oxygens (including phenoxy) is 1. The van der Waals surface area contributed by atoms with E-state index < -0.39 is 0 Å². The first kappa shape index (κ1) is 15.2. The zero-order chi connectivity index (χ0) is 13.2. The molecule has 4 heteroatoms. The van der Waals surface area contributed by atoms with Crippen LogP contribution in [0.5, 0.6) is 0 Å². The van der Waals surface area contributed by atoms with Crippen molar-refractivity contribution in [3.63, 3.8) is 0 Å². The summed E-state index contributed by atoms with van der Waals surface area (Å²) in [6.45, 7) is 10.4. The molecule has 2 heterocycles. The predicted octanol–water partition coefficient (Wildman–Crippen LogP) is 1.08. The van der Waals surface area contributed by atoms with Gasteiger partial charge in [0.1, 0.15) is 0 Å². The van der Waals surface area contributed by atoms with Gasteiger partial charge in [-0.3, -0.25) is 0 Å². The zero-order valence-corrected chi connectivity index (χ0v) is 12.3. The molecule has 112 valence electrons. The van der Waals surface area contributed by atoms with Crippen molar-refractivity contribution in [1.29, 1.82) is 0 Å². The van der Waals surface area contributed by atoms with E-state index in [9.17, 15) is 0 Å². The molecule has 0 amide bonds. The topological polar surface area (TPSA) is 36.5 Å². The van der Waals surface area contributed by atoms with Crippen LogP contribution >= 0.6 is 0 Å². The van der Waals surface area contributed by atoms with E-state index in [1.807, 2.05) is 0 Å². The number of unbranched alkanes of at least 4 members (excludes halogenated alkanes) is 1. The van der Waals surface area contributed by atoms with Crippen LogP contribution in [0.1, 0.15) is 32.1 Å². The molecule has 0 aromatic rings. The third-order valence-electron chi connectivity index (χ3n) is 4.36. The number of nitrogens with one attached hydrogen (secondary N) is 2. The molecule has 19 heavy (non-hydrogen) atoms. The highest BCUT2D eigenvalue weighted by Crippen LogP contribution is 2.17. The lowest BCUT2D eigenvalue weighted by atomic mass is 9.97. The van der Waals surface area contributed by atoms with Crippen molar-refractivity contribution in [1.82, 2.24) is 15.5 Å². The van der Waals surface area contributed by atoms with Crippen molar-refractivity contribution in [2.45, 2.75) is 32.1 Å². The van der Waals surface area contributed by atoms with Crippen molar-refractivity contribution >= 4 is 0 Å². The number of hydrogen-bond donors (Lipinski definition) is 2. The fourth-order valence-corrected chi connectivity index (χ4v) is 2.99. The van der Waals surface area contributed by atoms with Gasteiger partial charge in [-0.25, -0.2) is 0 Å². The molecule has 0 aromatic carbocycles. The van der Waals surface area contributed by atoms with Gasteiger partial charge < -0.3 is 20.3 Å². The molecule has 2 aliphatic rings. The van der Waals surface area contributed by atoms with Crippen LogP contribution in [-0.2, 0) is 4.74 Å². The standard InChI is InChI=1S/C15H31N3O/c1(2-10-18-11-8-17-9-12-18)6-16-7-3-15-4-13-19-14-5-15/h15-17H,1-14H2. The van der Waals surface area contributed by atoms with Crippen LogP contribution in [0.25, 0.3) is 0 Å². The lowest BCUT2D eigenvalue weighted by molar-refractivity contribution is 0.0640. The van der Waals surface area contributed by atoms with E-state index in [0.29, 0.717) is 0 Å². The lowest BCUT2D eigenvalue weighted by Crippen LogP contribution is -2.43. The minimum atomic E-state index is 0.905. The highest BCUT2D eigenvalue weighted by atomic mass is 16.5. The third kappa shape index (κ3) is 6.70. The van der Waals surface area contributed by atoms with Crippen LogP contribution in [0.15, 0.2) is 0 Å². The molecular formula is C15H31N3O. The van der Waals surface area contributed by atoms with Gasteiger partial charge in [0.05, 0.1) is 0 Å². The van der Waals surface area contributed by atoms with E-state index in [-0.39, 0.29) is 0 Å². The van der Waals surface area contributed by atoms with Crippen molar-refractivity contribution in [3.05, 3.63) is 0 Å². The zero-order valence-electron chi connectivity index (χ0n) is 12.3. The molecule has 0 atom stereocenters. The molecule has 0 unspecified atom stereocenters. The van der Waals surface area contributed by atoms with Gasteiger partial charge in [0.2, 0.25) is 0 Å². The Kier molecular flexibility index (Phi) is 7.78. The van der Waals surface area contributed by atoms with E-state index in [4.69, 9.17) is 4.74 Å². The number of nitrogens with zero attached hydrogens (tertiary/aromatic N) is 1. The van der Waals surface area contributed by atoms with Gasteiger partial charge in [0.25, 0.3) is 0 Å². The Labute approximate surface area is 118 Å². The summed E-state index contributed by atoms with van der Waals surface area (Å²) in [4.78, 5) is 2.58. The molecule has 2 N–H and O–H groups in total. The summed E-state index contributed by atoms with van der Waals surface area (Å²) in [7, 11) is 0. The van der Waals surface area contributed by atoms with Crippen molar-refractivity contribution in [2.75, 3.05) is 59.0 Å². The van der Waals surface area contributed by atoms with Crippen LogP contribution in [0.4, 0.5) is 0 Å². The number of hydrogen-bond acceptors (Lipinski definition) is 4. The smallest absolute Gasteiger partial charge is 0.0468 e. The van der Waals surface area contributed by atoms with Crippen LogP contribution in [0.3, 0.4) is 0 Å². The average molecular weight is 269 g/mol. The van der Waals surface area contributed by atoms with Gasteiger partial charge in [0.15, 0.2) is 0 Å². The Balaban J connectivity index is 1.35. The average Bonchev–Trinajstić information content (AvgIpc) is 2.48. The summed E-state index contributed by atoms with van der Waals surface area (Å²) in [6.07, 6.45) is 6.53. The van der Waals surface area contributed by atoms with Crippen LogP contribution in [0, 0.1) is 5.92 Å². The number of rotatable bonds is 8. The molecule has 0 bridgehead atoms. The van der Waals surface area contributed by atoms with Gasteiger partial charge in [-0.1, -0.05) is 0 Å². The minimum absolute atomic E-state index is 0.905. The van der Waals surface area contributed by atoms with Gasteiger partial charge in [-0.05, 0) is 57.7 Å². The maximum atomic E-state index is 5.39. The third-order valence-corrected chi connectivity index (χ3v) is 4.36. The first-order chi connectivity index (χ1) is 9.45. The fourth-order valence-electron chi connectivity index (χ4n) is 2.99. The fraction of sp³-hybridized carbons (Fsp3) is 1.00. The molecule has 0 saturated carbocycles. The number of piperazine rings is 1. The van der Waals surface area contributed by atoms with Crippen LogP contribution in [-0.4, -0.2) is 63.9 Å². The van der Waals surface area contributed by atoms with Crippen LogP contribution < -0.4 is 10.6 Å². The first-order valence-electron chi connectivity index (χ1n) is 8.16. The monoisotopic (exact) mass is 269 g/mol. The Bertz CT molecular complexity index is 191. The summed E-state index contributed by atoms with van der Waals surface area (Å²) in [5.41, 5.74) is 0. The Morgan fingerprint density at radius 3 is 2.63 bits per heavy atom. The Morgan fingerprint density at radius 2 is 1.84 bits per heavy atom. The summed E-state index contributed by atoms with van der Waals surface area (Å²) in [6, 6.07) is 0. The molecule has 0 aliphatic carbocycles. The highest BCUT2D eigenvalue weighted by Gasteiger charge is 2.12. The predicted molar refractivity (Wildman–Crippen MR) is 79.6 cm³/mol. The Morgan fingerprint density at radius 1 is 1.05 bits per heavy atom. The van der Waals surface area contributed by atoms with Gasteiger partial charge in [0, 0.05) is 39.4 Å². The molecule has 0 aromatic heterocycles. The lowest BCUT2D eigenvalue weighted by Gasteiger charge is -2.27. The van der Waals surface area contributed by atoms with Crippen molar-refractivity contribution in [3.8, 4) is 0 Å². The first-order valence-corrected chi connectivity index (χ1v) is 8.16. The second-order valence-corrected chi connectivity index (χ2v) is 5.89. The van der Waals surface area contributed by atoms with Gasteiger partial charge in [-0.15, -0.1) is 0 Å². The van der Waals surface area contributed by atoms with E-state index in [0.717, 1.165) is 19.1 Å². The maximum absolute atomic E-state index is 5.39. The van der Waals surface area contributed by atoms with E-state index in [1.54, 1.807) is 0 Å². The highest BCUT2D eigenvalue weighted by molar-refractivity contribution is 4.68. The van der Waals surface area contributed by atoms with E-state index in [2.05, 4.69) is 15.5 Å². The quantitative estimate of drug-likeness (QED) is 0.647. The minimum Gasteiger partial charge on any atom is -0.381 e. The SMILES string of the molecule is C(CCN1CCNCC1)CNCCC1CCOCC1. The molecular weight excluding hydrogens is 238 g/mol. The molecule has 0 spiro atoms. The maximum Gasteiger partial charge on any atom is 0.0468 e. The molecule has 2 rings (SSSR count). The molecule has 2 aliphatic heterocycles. The summed E-state index contributed by atoms with van der Waals surface area (Å²) < 4.78 is 5.39. The van der Waals surface area contributed by atoms with Gasteiger partial charge in [-0.2, -0.15) is 0 Å². The van der Waals surface area contributed by atoms with Crippen LogP contribution in [0.2, 0.25) is 0 Å². The van der Waals surface area contributed by atoms with Gasteiger partial charge >= 0.3 is 0 Å². The molecule has 2 saturated heterocycles. The molecule has 2 fully saturated rings. The normalized spacial score (nSPS) is 22.7.